The van der Waals surface area contributed by atoms with Crippen molar-refractivity contribution in [3.63, 3.8) is 0 Å². The molecule has 2 heteroatoms. The van der Waals surface area contributed by atoms with Crippen molar-refractivity contribution in [2.45, 2.75) is 19.9 Å². The van der Waals surface area contributed by atoms with Gasteiger partial charge in [0.25, 0.3) is 0 Å². The van der Waals surface area contributed by atoms with Crippen molar-refractivity contribution in [2.75, 3.05) is 19.3 Å². The first kappa shape index (κ1) is 13.6. The molecule has 0 aliphatic carbocycles. The van der Waals surface area contributed by atoms with E-state index in [1.807, 2.05) is 12.1 Å². The Labute approximate surface area is 115 Å². The summed E-state index contributed by atoms with van der Waals surface area (Å²) in [6, 6.07) is 16.7. The molecule has 2 rings (SSSR count). The first-order valence-corrected chi connectivity index (χ1v) is 6.72. The zero-order chi connectivity index (χ0) is 13.7. The number of aryl methyl sites for hydroxylation is 1. The van der Waals surface area contributed by atoms with Crippen LogP contribution in [0.1, 0.15) is 16.7 Å². The molecule has 0 aliphatic heterocycles. The fourth-order valence-corrected chi connectivity index (χ4v) is 2.16. The van der Waals surface area contributed by atoms with Crippen LogP contribution in [0.2, 0.25) is 0 Å². The molecule has 100 valence electrons. The molecule has 2 nitrogen and oxygen atoms in total. The quantitative estimate of drug-likeness (QED) is 0.830. The lowest BCUT2D eigenvalue weighted by atomic mass is 10.1. The SMILES string of the molecule is Cc1ccccc1CN(C)CCc1ccc(N)cc1. The van der Waals surface area contributed by atoms with Crippen LogP contribution < -0.4 is 5.73 Å². The summed E-state index contributed by atoms with van der Waals surface area (Å²) in [6.45, 7) is 4.23. The van der Waals surface area contributed by atoms with E-state index in [0.29, 0.717) is 0 Å². The Morgan fingerprint density at radius 3 is 2.37 bits per heavy atom. The van der Waals surface area contributed by atoms with E-state index in [0.717, 1.165) is 25.2 Å². The molecule has 2 aromatic carbocycles. The fourth-order valence-electron chi connectivity index (χ4n) is 2.16. The van der Waals surface area contributed by atoms with Gasteiger partial charge in [0.1, 0.15) is 0 Å². The number of nitrogens with zero attached hydrogens (tertiary/aromatic N) is 1. The minimum Gasteiger partial charge on any atom is -0.399 e. The molecule has 0 saturated carbocycles. The highest BCUT2D eigenvalue weighted by molar-refractivity contribution is 5.39. The monoisotopic (exact) mass is 254 g/mol. The van der Waals surface area contributed by atoms with Crippen LogP contribution >= 0.6 is 0 Å². The maximum atomic E-state index is 5.69. The van der Waals surface area contributed by atoms with Gasteiger partial charge in [-0.15, -0.1) is 0 Å². The highest BCUT2D eigenvalue weighted by atomic mass is 15.1. The van der Waals surface area contributed by atoms with E-state index < -0.39 is 0 Å². The topological polar surface area (TPSA) is 29.3 Å². The first-order chi connectivity index (χ1) is 9.15. The van der Waals surface area contributed by atoms with E-state index >= 15 is 0 Å². The lowest BCUT2D eigenvalue weighted by molar-refractivity contribution is 0.330. The number of hydrogen-bond acceptors (Lipinski definition) is 2. The summed E-state index contributed by atoms with van der Waals surface area (Å²) in [6.07, 6.45) is 1.06. The van der Waals surface area contributed by atoms with E-state index in [-0.39, 0.29) is 0 Å². The van der Waals surface area contributed by atoms with Crippen molar-refractivity contribution in [3.8, 4) is 0 Å². The molecule has 2 N–H and O–H groups in total. The van der Waals surface area contributed by atoms with Crippen molar-refractivity contribution < 1.29 is 0 Å². The van der Waals surface area contributed by atoms with Gasteiger partial charge in [-0.25, -0.2) is 0 Å². The molecule has 0 atom stereocenters. The summed E-state index contributed by atoms with van der Waals surface area (Å²) in [7, 11) is 2.17. The van der Waals surface area contributed by atoms with Crippen LogP contribution in [0.5, 0.6) is 0 Å². The van der Waals surface area contributed by atoms with Gasteiger partial charge >= 0.3 is 0 Å². The number of likely N-dealkylation sites (N-methyl/N-ethyl adjacent to an activating group) is 1. The Balaban J connectivity index is 1.86. The van der Waals surface area contributed by atoms with E-state index in [1.54, 1.807) is 0 Å². The molecule has 0 aromatic heterocycles. The Morgan fingerprint density at radius 1 is 1.00 bits per heavy atom. The van der Waals surface area contributed by atoms with Gasteiger partial charge in [-0.05, 0) is 49.2 Å². The summed E-state index contributed by atoms with van der Waals surface area (Å²) in [5.41, 5.74) is 10.6. The van der Waals surface area contributed by atoms with Crippen molar-refractivity contribution in [3.05, 3.63) is 65.2 Å². The average Bonchev–Trinajstić information content (AvgIpc) is 2.41. The second-order valence-electron chi connectivity index (χ2n) is 5.16. The molecule has 0 unspecified atom stereocenters. The normalized spacial score (nSPS) is 10.9. The number of nitrogen functional groups attached to an aromatic ring is 1. The largest absolute Gasteiger partial charge is 0.399 e. The van der Waals surface area contributed by atoms with E-state index in [9.17, 15) is 0 Å². The van der Waals surface area contributed by atoms with Crippen LogP contribution in [0.25, 0.3) is 0 Å². The van der Waals surface area contributed by atoms with E-state index in [4.69, 9.17) is 5.73 Å². The first-order valence-electron chi connectivity index (χ1n) is 6.72. The van der Waals surface area contributed by atoms with Gasteiger partial charge < -0.3 is 10.6 Å². The van der Waals surface area contributed by atoms with Crippen molar-refractivity contribution in [2.24, 2.45) is 0 Å². The maximum absolute atomic E-state index is 5.69. The van der Waals surface area contributed by atoms with Gasteiger partial charge in [0.2, 0.25) is 0 Å². The molecule has 0 heterocycles. The molecule has 0 aliphatic rings. The Kier molecular flexibility index (Phi) is 4.58. The minimum atomic E-state index is 0.831. The lowest BCUT2D eigenvalue weighted by Gasteiger charge is -2.18. The number of rotatable bonds is 5. The van der Waals surface area contributed by atoms with Crippen molar-refractivity contribution in [1.82, 2.24) is 4.90 Å². The Morgan fingerprint density at radius 2 is 1.68 bits per heavy atom. The average molecular weight is 254 g/mol. The number of benzene rings is 2. The molecular formula is C17H22N2. The molecular weight excluding hydrogens is 232 g/mol. The smallest absolute Gasteiger partial charge is 0.0314 e. The molecule has 2 aromatic rings. The third-order valence-corrected chi connectivity index (χ3v) is 3.46. The highest BCUT2D eigenvalue weighted by Gasteiger charge is 2.03. The van der Waals surface area contributed by atoms with Crippen LogP contribution in [0, 0.1) is 6.92 Å². The van der Waals surface area contributed by atoms with Gasteiger partial charge in [-0.2, -0.15) is 0 Å². The summed E-state index contributed by atoms with van der Waals surface area (Å²) >= 11 is 0. The molecule has 0 spiro atoms. The van der Waals surface area contributed by atoms with Gasteiger partial charge in [0.15, 0.2) is 0 Å². The third-order valence-electron chi connectivity index (χ3n) is 3.46. The minimum absolute atomic E-state index is 0.831. The molecule has 0 amide bonds. The molecule has 19 heavy (non-hydrogen) atoms. The van der Waals surface area contributed by atoms with Crippen LogP contribution in [0.15, 0.2) is 48.5 Å². The molecule has 0 saturated heterocycles. The lowest BCUT2D eigenvalue weighted by Crippen LogP contribution is -2.21. The van der Waals surface area contributed by atoms with Crippen LogP contribution in [0.3, 0.4) is 0 Å². The number of anilines is 1. The zero-order valence-corrected chi connectivity index (χ0v) is 11.8. The van der Waals surface area contributed by atoms with Gasteiger partial charge in [0, 0.05) is 18.8 Å². The summed E-state index contributed by atoms with van der Waals surface area (Å²) in [4.78, 5) is 2.36. The summed E-state index contributed by atoms with van der Waals surface area (Å²) < 4.78 is 0. The molecule has 0 fully saturated rings. The Bertz CT molecular complexity index is 517. The van der Waals surface area contributed by atoms with Crippen LogP contribution in [-0.4, -0.2) is 18.5 Å². The molecule has 0 radical (unpaired) electrons. The van der Waals surface area contributed by atoms with Crippen molar-refractivity contribution in [1.29, 1.82) is 0 Å². The van der Waals surface area contributed by atoms with E-state index in [2.05, 4.69) is 55.3 Å². The number of hydrogen-bond donors (Lipinski definition) is 1. The summed E-state index contributed by atoms with van der Waals surface area (Å²) in [5.74, 6) is 0. The zero-order valence-electron chi connectivity index (χ0n) is 11.8. The highest BCUT2D eigenvalue weighted by Crippen LogP contribution is 2.11. The molecule has 0 bridgehead atoms. The van der Waals surface area contributed by atoms with Crippen molar-refractivity contribution >= 4 is 5.69 Å². The predicted molar refractivity (Wildman–Crippen MR) is 82.1 cm³/mol. The van der Waals surface area contributed by atoms with Gasteiger partial charge in [0.05, 0.1) is 0 Å². The van der Waals surface area contributed by atoms with Crippen LogP contribution in [-0.2, 0) is 13.0 Å². The number of nitrogens with two attached hydrogens (primary N) is 1. The maximum Gasteiger partial charge on any atom is 0.0314 e. The second-order valence-corrected chi connectivity index (χ2v) is 5.16. The fraction of sp³-hybridized carbons (Fsp3) is 0.294. The predicted octanol–water partition coefficient (Wildman–Crippen LogP) is 3.25. The van der Waals surface area contributed by atoms with Crippen LogP contribution in [0.4, 0.5) is 5.69 Å². The second kappa shape index (κ2) is 6.39. The van der Waals surface area contributed by atoms with Gasteiger partial charge in [-0.1, -0.05) is 36.4 Å². The standard InChI is InChI=1S/C17H22N2/c1-14-5-3-4-6-16(14)13-19(2)12-11-15-7-9-17(18)10-8-15/h3-10H,11-13,18H2,1-2H3. The van der Waals surface area contributed by atoms with Gasteiger partial charge in [-0.3, -0.25) is 0 Å². The summed E-state index contributed by atoms with van der Waals surface area (Å²) in [5, 5.41) is 0. The third kappa shape index (κ3) is 4.11. The van der Waals surface area contributed by atoms with E-state index in [1.165, 1.54) is 16.7 Å². The Hall–Kier alpha value is -1.80.